The molecule has 2 aliphatic rings. The van der Waals surface area contributed by atoms with E-state index in [1.165, 1.54) is 26.2 Å². The molecule has 38 heavy (non-hydrogen) atoms. The summed E-state index contributed by atoms with van der Waals surface area (Å²) in [5.41, 5.74) is 6.30. The maximum absolute atomic E-state index is 11.3. The van der Waals surface area contributed by atoms with E-state index >= 15 is 0 Å². The third kappa shape index (κ3) is 6.88. The summed E-state index contributed by atoms with van der Waals surface area (Å²) in [5, 5.41) is 12.3. The van der Waals surface area contributed by atoms with Crippen LogP contribution in [0.25, 0.3) is 11.1 Å². The largest absolute Gasteiger partial charge is 0.392 e. The van der Waals surface area contributed by atoms with Crippen molar-refractivity contribution in [3.63, 3.8) is 0 Å². The zero-order chi connectivity index (χ0) is 26.3. The summed E-state index contributed by atoms with van der Waals surface area (Å²) in [6, 6.07) is 24.7. The van der Waals surface area contributed by atoms with Crippen LogP contribution >= 0.6 is 0 Å². The quantitative estimate of drug-likeness (QED) is 0.415. The second kappa shape index (κ2) is 12.7. The molecule has 2 heterocycles. The van der Waals surface area contributed by atoms with E-state index in [0.29, 0.717) is 6.54 Å². The minimum Gasteiger partial charge on any atom is -0.392 e. The molecule has 6 nitrogen and oxygen atoms in total. The Kier molecular flexibility index (Phi) is 8.86. The number of amides is 1. The van der Waals surface area contributed by atoms with E-state index < -0.39 is 6.29 Å². The molecule has 1 amide bonds. The average molecular weight is 515 g/mol. The van der Waals surface area contributed by atoms with Gasteiger partial charge in [-0.25, -0.2) is 0 Å². The summed E-state index contributed by atoms with van der Waals surface area (Å²) < 4.78 is 13.1. The number of nitrogens with zero attached hydrogens (tertiary/aromatic N) is 1. The molecule has 3 aromatic rings. The predicted molar refractivity (Wildman–Crippen MR) is 148 cm³/mol. The number of nitrogens with one attached hydrogen (secondary N) is 1. The lowest BCUT2D eigenvalue weighted by Gasteiger charge is -2.39. The minimum absolute atomic E-state index is 0.0338. The van der Waals surface area contributed by atoms with Gasteiger partial charge in [-0.15, -0.1) is 0 Å². The van der Waals surface area contributed by atoms with Gasteiger partial charge < -0.3 is 24.8 Å². The first-order valence-electron chi connectivity index (χ1n) is 13.7. The summed E-state index contributed by atoms with van der Waals surface area (Å²) in [5.74, 6) is -0.0338. The van der Waals surface area contributed by atoms with Gasteiger partial charge in [0.05, 0.1) is 18.8 Å². The van der Waals surface area contributed by atoms with E-state index in [2.05, 4.69) is 58.7 Å². The number of benzene rings is 3. The number of hydrogen-bond acceptors (Lipinski definition) is 5. The summed E-state index contributed by atoms with van der Waals surface area (Å²) in [6.45, 7) is 5.28. The molecule has 3 atom stereocenters. The van der Waals surface area contributed by atoms with Crippen LogP contribution in [-0.4, -0.2) is 41.7 Å². The van der Waals surface area contributed by atoms with Crippen molar-refractivity contribution < 1.29 is 19.4 Å². The third-order valence-electron chi connectivity index (χ3n) is 7.51. The molecule has 0 saturated carbocycles. The molecule has 0 spiro atoms. The van der Waals surface area contributed by atoms with Crippen molar-refractivity contribution in [2.45, 2.75) is 64.3 Å². The van der Waals surface area contributed by atoms with Crippen molar-refractivity contribution in [3.8, 4) is 11.1 Å². The zero-order valence-electron chi connectivity index (χ0n) is 22.1. The Hall–Kier alpha value is -3.03. The molecule has 3 aromatic carbocycles. The number of rotatable bonds is 8. The van der Waals surface area contributed by atoms with Crippen molar-refractivity contribution in [1.29, 1.82) is 0 Å². The maximum Gasteiger partial charge on any atom is 0.217 e. The fraction of sp³-hybridized carbons (Fsp3) is 0.406. The van der Waals surface area contributed by atoms with E-state index in [1.54, 1.807) is 0 Å². The van der Waals surface area contributed by atoms with Gasteiger partial charge >= 0.3 is 0 Å². The second-order valence-corrected chi connectivity index (χ2v) is 10.4. The van der Waals surface area contributed by atoms with Crippen LogP contribution in [0.1, 0.15) is 67.3 Å². The molecule has 6 heteroatoms. The Morgan fingerprint density at radius 2 is 1.63 bits per heavy atom. The fourth-order valence-electron chi connectivity index (χ4n) is 5.38. The van der Waals surface area contributed by atoms with Crippen molar-refractivity contribution in [2.75, 3.05) is 19.6 Å². The maximum atomic E-state index is 11.3. The van der Waals surface area contributed by atoms with Crippen LogP contribution in [0.4, 0.5) is 0 Å². The smallest absolute Gasteiger partial charge is 0.217 e. The highest BCUT2D eigenvalue weighted by molar-refractivity contribution is 5.73. The van der Waals surface area contributed by atoms with Gasteiger partial charge in [-0.05, 0) is 59.8 Å². The minimum atomic E-state index is -0.443. The number of aliphatic hydroxyl groups excluding tert-OH is 1. The highest BCUT2D eigenvalue weighted by Crippen LogP contribution is 2.38. The van der Waals surface area contributed by atoms with Crippen LogP contribution in [0.15, 0.2) is 72.8 Å². The molecule has 2 N–H and O–H groups in total. The monoisotopic (exact) mass is 514 g/mol. The van der Waals surface area contributed by atoms with E-state index in [-0.39, 0.29) is 24.7 Å². The Morgan fingerprint density at radius 1 is 0.895 bits per heavy atom. The molecule has 2 saturated heterocycles. The molecule has 0 unspecified atom stereocenters. The first-order valence-corrected chi connectivity index (χ1v) is 13.7. The van der Waals surface area contributed by atoms with Crippen LogP contribution in [0, 0.1) is 0 Å². The number of likely N-dealkylation sites (tertiary alicyclic amines) is 1. The summed E-state index contributed by atoms with van der Waals surface area (Å²) >= 11 is 0. The number of carbonyl (C=O) groups is 1. The lowest BCUT2D eigenvalue weighted by Crippen LogP contribution is -2.41. The summed E-state index contributed by atoms with van der Waals surface area (Å²) in [4.78, 5) is 13.8. The summed E-state index contributed by atoms with van der Waals surface area (Å²) in [6.07, 6.45) is 4.21. The number of carbonyl (C=O) groups excluding carboxylic acids is 1. The Labute approximate surface area is 225 Å². The molecule has 0 radical (unpaired) electrons. The van der Waals surface area contributed by atoms with Crippen LogP contribution in [0.3, 0.4) is 0 Å². The van der Waals surface area contributed by atoms with Crippen molar-refractivity contribution >= 4 is 5.91 Å². The molecule has 0 aliphatic carbocycles. The van der Waals surface area contributed by atoms with Crippen molar-refractivity contribution in [2.24, 2.45) is 0 Å². The molecule has 2 fully saturated rings. The highest BCUT2D eigenvalue weighted by Gasteiger charge is 2.33. The standard InChI is InChI=1S/C32H38N2O4/c1-23(36)33-20-25-6-5-7-29(18-25)26-12-14-28(15-13-26)32-37-30(21-34-16-3-2-4-17-34)19-31(38-32)27-10-8-24(22-35)9-11-27/h5-15,18,30-32,35H,2-4,16-17,19-22H2,1H3,(H,33,36)/t30-,31+,32+/m1/s1. The number of ether oxygens (including phenoxy) is 2. The van der Waals surface area contributed by atoms with Gasteiger partial charge in [-0.2, -0.15) is 0 Å². The van der Waals surface area contributed by atoms with Gasteiger partial charge in [0.15, 0.2) is 6.29 Å². The second-order valence-electron chi connectivity index (χ2n) is 10.4. The SMILES string of the molecule is CC(=O)NCc1cccc(-c2ccc([C@H]3O[C@@H](CN4CCCCC4)C[C@@H](c4ccc(CO)cc4)O3)cc2)c1. The van der Waals surface area contributed by atoms with Crippen LogP contribution in [0.5, 0.6) is 0 Å². The van der Waals surface area contributed by atoms with Gasteiger partial charge in [0, 0.05) is 32.0 Å². The molecule has 5 rings (SSSR count). The van der Waals surface area contributed by atoms with Gasteiger partial charge in [-0.3, -0.25) is 4.79 Å². The van der Waals surface area contributed by atoms with Crippen LogP contribution in [0.2, 0.25) is 0 Å². The molecule has 2 aliphatic heterocycles. The molecule has 200 valence electrons. The Morgan fingerprint density at radius 3 is 2.34 bits per heavy atom. The van der Waals surface area contributed by atoms with Gasteiger partial charge in [0.2, 0.25) is 5.91 Å². The lowest BCUT2D eigenvalue weighted by molar-refractivity contribution is -0.253. The fourth-order valence-corrected chi connectivity index (χ4v) is 5.38. The molecular weight excluding hydrogens is 476 g/mol. The number of hydrogen-bond donors (Lipinski definition) is 2. The lowest BCUT2D eigenvalue weighted by atomic mass is 9.98. The Bertz CT molecular complexity index is 1190. The topological polar surface area (TPSA) is 71.0 Å². The molecular formula is C32H38N2O4. The van der Waals surface area contributed by atoms with E-state index in [9.17, 15) is 9.90 Å². The first kappa shape index (κ1) is 26.6. The number of aliphatic hydroxyl groups is 1. The molecule has 0 bridgehead atoms. The number of piperidine rings is 1. The van der Waals surface area contributed by atoms with Crippen molar-refractivity contribution in [1.82, 2.24) is 10.2 Å². The van der Waals surface area contributed by atoms with Crippen LogP contribution < -0.4 is 5.32 Å². The third-order valence-corrected chi connectivity index (χ3v) is 7.51. The van der Waals surface area contributed by atoms with Crippen LogP contribution in [-0.2, 0) is 27.4 Å². The van der Waals surface area contributed by atoms with E-state index in [4.69, 9.17) is 9.47 Å². The average Bonchev–Trinajstić information content (AvgIpc) is 2.97. The Balaban J connectivity index is 1.33. The van der Waals surface area contributed by atoms with Gasteiger partial charge in [0.1, 0.15) is 0 Å². The summed E-state index contributed by atoms with van der Waals surface area (Å²) in [7, 11) is 0. The van der Waals surface area contributed by atoms with E-state index in [0.717, 1.165) is 59.4 Å². The van der Waals surface area contributed by atoms with Crippen molar-refractivity contribution in [3.05, 3.63) is 95.1 Å². The normalized spacial score (nSPS) is 22.2. The van der Waals surface area contributed by atoms with E-state index in [1.807, 2.05) is 24.3 Å². The van der Waals surface area contributed by atoms with Gasteiger partial charge in [-0.1, -0.05) is 73.2 Å². The first-order chi connectivity index (χ1) is 18.6. The van der Waals surface area contributed by atoms with Gasteiger partial charge in [0.25, 0.3) is 0 Å². The highest BCUT2D eigenvalue weighted by atomic mass is 16.7. The predicted octanol–water partition coefficient (Wildman–Crippen LogP) is 5.51. The molecule has 0 aromatic heterocycles. The zero-order valence-corrected chi connectivity index (χ0v) is 22.1.